The van der Waals surface area contributed by atoms with Gasteiger partial charge in [0.2, 0.25) is 0 Å². The Hall–Kier alpha value is -1.64. The molecule has 2 atom stereocenters. The minimum absolute atomic E-state index is 0.151. The molecule has 2 rings (SSSR count). The number of hydrogen-bond acceptors (Lipinski definition) is 6. The minimum Gasteiger partial charge on any atom is -0.497 e. The number of benzene rings is 1. The first-order valence-electron chi connectivity index (χ1n) is 6.76. The Balaban J connectivity index is 2.08. The predicted octanol–water partition coefficient (Wildman–Crippen LogP) is 0.699. The highest BCUT2D eigenvalue weighted by atomic mass is 32.2. The van der Waals surface area contributed by atoms with Crippen LogP contribution >= 0.6 is 0 Å². The molecule has 122 valence electrons. The number of ether oxygens (including phenoxy) is 1. The highest BCUT2D eigenvalue weighted by molar-refractivity contribution is 7.86. The summed E-state index contributed by atoms with van der Waals surface area (Å²) in [6, 6.07) is 6.54. The number of likely N-dealkylation sites (tertiary alicyclic amines) is 1. The molecule has 1 saturated heterocycles. The van der Waals surface area contributed by atoms with Crippen LogP contribution in [0.5, 0.6) is 5.75 Å². The van der Waals surface area contributed by atoms with E-state index in [9.17, 15) is 18.3 Å². The zero-order chi connectivity index (χ0) is 16.3. The van der Waals surface area contributed by atoms with Crippen LogP contribution in [0.15, 0.2) is 24.3 Å². The highest BCUT2D eigenvalue weighted by Crippen LogP contribution is 2.24. The van der Waals surface area contributed by atoms with Crippen molar-refractivity contribution in [1.29, 1.82) is 0 Å². The van der Waals surface area contributed by atoms with Crippen molar-refractivity contribution in [1.82, 2.24) is 4.90 Å². The Kier molecular flexibility index (Phi) is 5.05. The molecular weight excluding hydrogens is 310 g/mol. The van der Waals surface area contributed by atoms with Gasteiger partial charge in [-0.1, -0.05) is 12.1 Å². The van der Waals surface area contributed by atoms with Crippen LogP contribution in [0.1, 0.15) is 12.0 Å². The van der Waals surface area contributed by atoms with E-state index in [1.807, 2.05) is 12.1 Å². The molecule has 0 bridgehead atoms. The lowest BCUT2D eigenvalue weighted by Gasteiger charge is -2.20. The molecule has 1 aliphatic rings. The van der Waals surface area contributed by atoms with Crippen LogP contribution in [0.2, 0.25) is 0 Å². The largest absolute Gasteiger partial charge is 0.497 e. The topological polar surface area (TPSA) is 93.1 Å². The van der Waals surface area contributed by atoms with E-state index in [0.717, 1.165) is 17.6 Å². The maximum Gasteiger partial charge on any atom is 0.321 e. The molecule has 0 radical (unpaired) electrons. The van der Waals surface area contributed by atoms with E-state index in [1.165, 1.54) is 0 Å². The number of carbonyl (C=O) groups is 1. The van der Waals surface area contributed by atoms with Crippen molar-refractivity contribution in [2.24, 2.45) is 0 Å². The third kappa shape index (κ3) is 4.43. The highest BCUT2D eigenvalue weighted by Gasteiger charge is 2.38. The van der Waals surface area contributed by atoms with Gasteiger partial charge in [0.15, 0.2) is 0 Å². The molecule has 22 heavy (non-hydrogen) atoms. The number of nitrogens with zero attached hydrogens (tertiary/aromatic N) is 1. The van der Waals surface area contributed by atoms with E-state index < -0.39 is 28.2 Å². The second-order valence-corrected chi connectivity index (χ2v) is 6.89. The third-order valence-corrected chi connectivity index (χ3v) is 4.13. The summed E-state index contributed by atoms with van der Waals surface area (Å²) in [6.45, 7) is 0.667. The number of rotatable bonds is 6. The normalized spacial score (nSPS) is 22.6. The van der Waals surface area contributed by atoms with Gasteiger partial charge in [0.05, 0.1) is 19.5 Å². The van der Waals surface area contributed by atoms with Gasteiger partial charge in [-0.2, -0.15) is 8.42 Å². The van der Waals surface area contributed by atoms with Crippen molar-refractivity contribution < 1.29 is 27.2 Å². The maximum atomic E-state index is 11.3. The fourth-order valence-electron chi connectivity index (χ4n) is 2.58. The SMILES string of the molecule is COc1ccc(CN2C[C@H](OS(C)(=O)=O)C[C@@H]2C(=O)O)cc1. The Bertz CT molecular complexity index is 627. The summed E-state index contributed by atoms with van der Waals surface area (Å²) in [5, 5.41) is 9.29. The summed E-state index contributed by atoms with van der Waals surface area (Å²) in [5.74, 6) is -0.258. The average molecular weight is 329 g/mol. The lowest BCUT2D eigenvalue weighted by molar-refractivity contribution is -0.142. The fourth-order valence-corrected chi connectivity index (χ4v) is 3.21. The van der Waals surface area contributed by atoms with Gasteiger partial charge in [0.1, 0.15) is 11.8 Å². The van der Waals surface area contributed by atoms with Gasteiger partial charge < -0.3 is 9.84 Å². The van der Waals surface area contributed by atoms with E-state index >= 15 is 0 Å². The van der Waals surface area contributed by atoms with E-state index in [2.05, 4.69) is 0 Å². The van der Waals surface area contributed by atoms with Crippen molar-refractivity contribution >= 4 is 16.1 Å². The van der Waals surface area contributed by atoms with Crippen LogP contribution in [0.4, 0.5) is 0 Å². The molecule has 0 aliphatic carbocycles. The van der Waals surface area contributed by atoms with Gasteiger partial charge in [0.25, 0.3) is 10.1 Å². The lowest BCUT2D eigenvalue weighted by atomic mass is 10.1. The van der Waals surface area contributed by atoms with E-state index in [0.29, 0.717) is 6.54 Å². The van der Waals surface area contributed by atoms with Crippen LogP contribution in [-0.2, 0) is 25.6 Å². The van der Waals surface area contributed by atoms with Gasteiger partial charge >= 0.3 is 5.97 Å². The molecule has 1 N–H and O–H groups in total. The molecule has 7 nitrogen and oxygen atoms in total. The lowest BCUT2D eigenvalue weighted by Crippen LogP contribution is -2.35. The summed E-state index contributed by atoms with van der Waals surface area (Å²) in [6.07, 6.45) is 0.488. The van der Waals surface area contributed by atoms with Crippen LogP contribution in [-0.4, -0.2) is 56.4 Å². The van der Waals surface area contributed by atoms with Crippen molar-refractivity contribution in [3.8, 4) is 5.75 Å². The summed E-state index contributed by atoms with van der Waals surface area (Å²) >= 11 is 0. The molecule has 1 aromatic rings. The third-order valence-electron chi connectivity index (χ3n) is 3.51. The first-order valence-corrected chi connectivity index (χ1v) is 8.58. The monoisotopic (exact) mass is 329 g/mol. The van der Waals surface area contributed by atoms with Gasteiger partial charge in [-0.25, -0.2) is 0 Å². The standard InChI is InChI=1S/C14H19NO6S/c1-20-11-5-3-10(4-6-11)8-15-9-12(21-22(2,18)19)7-13(15)14(16)17/h3-6,12-13H,7-9H2,1-2H3,(H,16,17)/t12-,13-/m1/s1. The first-order chi connectivity index (χ1) is 10.3. The number of hydrogen-bond donors (Lipinski definition) is 1. The van der Waals surface area contributed by atoms with E-state index in [1.54, 1.807) is 24.1 Å². The summed E-state index contributed by atoms with van der Waals surface area (Å²) < 4.78 is 32.4. The minimum atomic E-state index is -3.60. The molecule has 1 heterocycles. The number of methoxy groups -OCH3 is 1. The van der Waals surface area contributed by atoms with Gasteiger partial charge in [0, 0.05) is 19.5 Å². The number of carboxylic acid groups (broad SMARTS) is 1. The van der Waals surface area contributed by atoms with Crippen molar-refractivity contribution in [3.63, 3.8) is 0 Å². The molecule has 1 aliphatic heterocycles. The fraction of sp³-hybridized carbons (Fsp3) is 0.500. The van der Waals surface area contributed by atoms with Crippen molar-refractivity contribution in [2.45, 2.75) is 25.1 Å². The Morgan fingerprint density at radius 3 is 2.50 bits per heavy atom. The summed E-state index contributed by atoms with van der Waals surface area (Å²) in [4.78, 5) is 13.1. The molecule has 0 saturated carbocycles. The van der Waals surface area contributed by atoms with Crippen molar-refractivity contribution in [3.05, 3.63) is 29.8 Å². The smallest absolute Gasteiger partial charge is 0.321 e. The van der Waals surface area contributed by atoms with Gasteiger partial charge in [-0.15, -0.1) is 0 Å². The zero-order valence-electron chi connectivity index (χ0n) is 12.4. The molecule has 0 aromatic heterocycles. The molecule has 0 spiro atoms. The molecule has 8 heteroatoms. The Morgan fingerprint density at radius 2 is 2.00 bits per heavy atom. The molecule has 1 fully saturated rings. The average Bonchev–Trinajstić information content (AvgIpc) is 2.80. The van der Waals surface area contributed by atoms with Crippen LogP contribution < -0.4 is 4.74 Å². The second kappa shape index (κ2) is 6.64. The Morgan fingerprint density at radius 1 is 1.36 bits per heavy atom. The molecule has 0 amide bonds. The quantitative estimate of drug-likeness (QED) is 0.768. The Labute approximate surface area is 129 Å². The maximum absolute atomic E-state index is 11.3. The zero-order valence-corrected chi connectivity index (χ0v) is 13.2. The second-order valence-electron chi connectivity index (χ2n) is 5.29. The van der Waals surface area contributed by atoms with Gasteiger partial charge in [-0.05, 0) is 17.7 Å². The van der Waals surface area contributed by atoms with Crippen LogP contribution in [0, 0.1) is 0 Å². The van der Waals surface area contributed by atoms with E-state index in [4.69, 9.17) is 8.92 Å². The number of aliphatic carboxylic acids is 1. The van der Waals surface area contributed by atoms with Crippen LogP contribution in [0.3, 0.4) is 0 Å². The van der Waals surface area contributed by atoms with E-state index in [-0.39, 0.29) is 13.0 Å². The number of carboxylic acids is 1. The first kappa shape index (κ1) is 16.7. The van der Waals surface area contributed by atoms with Crippen molar-refractivity contribution in [2.75, 3.05) is 19.9 Å². The molecule has 0 unspecified atom stereocenters. The molecular formula is C14H19NO6S. The van der Waals surface area contributed by atoms with Crippen LogP contribution in [0.25, 0.3) is 0 Å². The predicted molar refractivity (Wildman–Crippen MR) is 79.2 cm³/mol. The summed E-state index contributed by atoms with van der Waals surface area (Å²) in [5.41, 5.74) is 0.923. The summed E-state index contributed by atoms with van der Waals surface area (Å²) in [7, 11) is -2.03. The van der Waals surface area contributed by atoms with Gasteiger partial charge in [-0.3, -0.25) is 13.9 Å². The molecule has 1 aromatic carbocycles.